The topological polar surface area (TPSA) is 46.2 Å². The van der Waals surface area contributed by atoms with Crippen molar-refractivity contribution in [1.29, 1.82) is 0 Å². The molecule has 1 N–H and O–H groups in total. The van der Waals surface area contributed by atoms with Crippen LogP contribution in [0.25, 0.3) is 0 Å². The average Bonchev–Trinajstić information content (AvgIpc) is 2.41. The molecule has 0 aliphatic heterocycles. The maximum absolute atomic E-state index is 13.6. The zero-order chi connectivity index (χ0) is 16.5. The number of rotatable bonds is 3. The van der Waals surface area contributed by atoms with E-state index in [4.69, 9.17) is 0 Å². The van der Waals surface area contributed by atoms with Gasteiger partial charge in [0.2, 0.25) is 0 Å². The molecule has 2 rings (SSSR count). The summed E-state index contributed by atoms with van der Waals surface area (Å²) in [5.41, 5.74) is -1.27. The van der Waals surface area contributed by atoms with Crippen LogP contribution in [0.15, 0.2) is 51.8 Å². The van der Waals surface area contributed by atoms with E-state index in [1.807, 2.05) is 4.72 Å². The molecular weight excluding hydrogens is 390 g/mol. The molecule has 0 fully saturated rings. The standard InChI is InChI=1S/C13H8BrF4NO2S/c14-9-3-6-12(11(15)7-9)19-22(20,21)10-4-1-8(2-5-10)13(16,17)18/h1-7,19H. The summed E-state index contributed by atoms with van der Waals surface area (Å²) in [6, 6.07) is 6.59. The molecule has 118 valence electrons. The maximum atomic E-state index is 13.6. The number of hydrogen-bond acceptors (Lipinski definition) is 2. The maximum Gasteiger partial charge on any atom is 0.416 e. The first-order valence-electron chi connectivity index (χ1n) is 5.75. The average molecular weight is 398 g/mol. The van der Waals surface area contributed by atoms with Gasteiger partial charge in [-0.15, -0.1) is 0 Å². The molecule has 0 saturated heterocycles. The van der Waals surface area contributed by atoms with Crippen LogP contribution >= 0.6 is 15.9 Å². The van der Waals surface area contributed by atoms with E-state index in [2.05, 4.69) is 15.9 Å². The van der Waals surface area contributed by atoms with Crippen LogP contribution < -0.4 is 4.72 Å². The molecule has 0 aliphatic carbocycles. The van der Waals surface area contributed by atoms with Gasteiger partial charge in [-0.25, -0.2) is 12.8 Å². The van der Waals surface area contributed by atoms with Gasteiger partial charge in [0.15, 0.2) is 0 Å². The van der Waals surface area contributed by atoms with E-state index < -0.39 is 32.5 Å². The Balaban J connectivity index is 2.31. The Bertz CT molecular complexity index is 789. The highest BCUT2D eigenvalue weighted by Crippen LogP contribution is 2.30. The molecule has 3 nitrogen and oxygen atoms in total. The Labute approximate surface area is 132 Å². The number of nitrogens with one attached hydrogen (secondary N) is 1. The van der Waals surface area contributed by atoms with Gasteiger partial charge in [-0.2, -0.15) is 13.2 Å². The molecule has 2 aromatic carbocycles. The van der Waals surface area contributed by atoms with Crippen LogP contribution in [0.1, 0.15) is 5.56 Å². The van der Waals surface area contributed by atoms with Crippen LogP contribution in [-0.2, 0) is 16.2 Å². The minimum atomic E-state index is -4.56. The van der Waals surface area contributed by atoms with Gasteiger partial charge < -0.3 is 0 Å². The number of hydrogen-bond donors (Lipinski definition) is 1. The van der Waals surface area contributed by atoms with E-state index in [-0.39, 0.29) is 5.69 Å². The van der Waals surface area contributed by atoms with Crippen molar-refractivity contribution >= 4 is 31.6 Å². The van der Waals surface area contributed by atoms with Crippen molar-refractivity contribution in [2.75, 3.05) is 4.72 Å². The molecule has 0 aromatic heterocycles. The number of halogens is 5. The van der Waals surface area contributed by atoms with Gasteiger partial charge in [-0.1, -0.05) is 15.9 Å². The third-order valence-electron chi connectivity index (χ3n) is 2.67. The molecule has 0 saturated carbocycles. The monoisotopic (exact) mass is 397 g/mol. The van der Waals surface area contributed by atoms with Crippen molar-refractivity contribution in [3.8, 4) is 0 Å². The molecule has 9 heteroatoms. The van der Waals surface area contributed by atoms with Crippen LogP contribution in [0.3, 0.4) is 0 Å². The van der Waals surface area contributed by atoms with E-state index >= 15 is 0 Å². The predicted molar refractivity (Wildman–Crippen MR) is 76.4 cm³/mol. The molecular formula is C13H8BrF4NO2S. The first-order valence-corrected chi connectivity index (χ1v) is 8.02. The highest BCUT2D eigenvalue weighted by Gasteiger charge is 2.30. The lowest BCUT2D eigenvalue weighted by molar-refractivity contribution is -0.137. The summed E-state index contributed by atoms with van der Waals surface area (Å²) >= 11 is 3.02. The zero-order valence-corrected chi connectivity index (χ0v) is 13.1. The fourth-order valence-corrected chi connectivity index (χ4v) is 3.00. The summed E-state index contributed by atoms with van der Waals surface area (Å²) in [6.45, 7) is 0. The molecule has 22 heavy (non-hydrogen) atoms. The Hall–Kier alpha value is -1.61. The molecule has 0 heterocycles. The normalized spacial score (nSPS) is 12.2. The van der Waals surface area contributed by atoms with Gasteiger partial charge >= 0.3 is 6.18 Å². The van der Waals surface area contributed by atoms with Gasteiger partial charge in [0.1, 0.15) is 5.82 Å². The molecule has 0 bridgehead atoms. The fraction of sp³-hybridized carbons (Fsp3) is 0.0769. The molecule has 0 atom stereocenters. The SMILES string of the molecule is O=S(=O)(Nc1ccc(Br)cc1F)c1ccc(C(F)(F)F)cc1. The Kier molecular flexibility index (Phi) is 4.48. The summed E-state index contributed by atoms with van der Waals surface area (Å²) < 4.78 is 77.4. The molecule has 2 aromatic rings. The molecule has 0 radical (unpaired) electrons. The first-order chi connectivity index (χ1) is 10.1. The lowest BCUT2D eigenvalue weighted by atomic mass is 10.2. The summed E-state index contributed by atoms with van der Waals surface area (Å²) in [5, 5.41) is 0. The first kappa shape index (κ1) is 16.8. The number of benzene rings is 2. The van der Waals surface area contributed by atoms with Crippen LogP contribution in [-0.4, -0.2) is 8.42 Å². The van der Waals surface area contributed by atoms with Crippen LogP contribution in [0.2, 0.25) is 0 Å². The number of alkyl halides is 3. The van der Waals surface area contributed by atoms with Crippen molar-refractivity contribution in [3.05, 3.63) is 58.3 Å². The minimum Gasteiger partial charge on any atom is -0.277 e. The Morgan fingerprint density at radius 2 is 1.59 bits per heavy atom. The second kappa shape index (κ2) is 5.88. The molecule has 0 aliphatic rings. The summed E-state index contributed by atoms with van der Waals surface area (Å²) in [7, 11) is -4.18. The summed E-state index contributed by atoms with van der Waals surface area (Å²) in [5.74, 6) is -0.815. The van der Waals surface area contributed by atoms with Gasteiger partial charge in [0, 0.05) is 4.47 Å². The minimum absolute atomic E-state index is 0.303. The van der Waals surface area contributed by atoms with Crippen molar-refractivity contribution < 1.29 is 26.0 Å². The van der Waals surface area contributed by atoms with Crippen LogP contribution in [0.4, 0.5) is 23.2 Å². The lowest BCUT2D eigenvalue weighted by Gasteiger charge is -2.11. The third kappa shape index (κ3) is 3.77. The van der Waals surface area contributed by atoms with Gasteiger partial charge in [0.05, 0.1) is 16.1 Å². The smallest absolute Gasteiger partial charge is 0.277 e. The molecule has 0 amide bonds. The van der Waals surface area contributed by atoms with E-state index in [0.717, 1.165) is 18.2 Å². The summed E-state index contributed by atoms with van der Waals surface area (Å²) in [6.07, 6.45) is -4.56. The van der Waals surface area contributed by atoms with Crippen molar-refractivity contribution in [3.63, 3.8) is 0 Å². The largest absolute Gasteiger partial charge is 0.416 e. The fourth-order valence-electron chi connectivity index (χ4n) is 1.60. The van der Waals surface area contributed by atoms with E-state index in [1.54, 1.807) is 0 Å². The second-order valence-electron chi connectivity index (χ2n) is 4.25. The zero-order valence-electron chi connectivity index (χ0n) is 10.7. The third-order valence-corrected chi connectivity index (χ3v) is 4.54. The Morgan fingerprint density at radius 3 is 2.09 bits per heavy atom. The molecule has 0 spiro atoms. The predicted octanol–water partition coefficient (Wildman–Crippen LogP) is 4.41. The van der Waals surface area contributed by atoms with Crippen LogP contribution in [0, 0.1) is 5.82 Å². The van der Waals surface area contributed by atoms with Crippen LogP contribution in [0.5, 0.6) is 0 Å². The van der Waals surface area contributed by atoms with Gasteiger partial charge in [-0.05, 0) is 42.5 Å². The van der Waals surface area contributed by atoms with E-state index in [9.17, 15) is 26.0 Å². The van der Waals surface area contributed by atoms with Crippen molar-refractivity contribution in [2.45, 2.75) is 11.1 Å². The second-order valence-corrected chi connectivity index (χ2v) is 6.85. The highest BCUT2D eigenvalue weighted by molar-refractivity contribution is 9.10. The van der Waals surface area contributed by atoms with Gasteiger partial charge in [0.25, 0.3) is 10.0 Å². The lowest BCUT2D eigenvalue weighted by Crippen LogP contribution is -2.14. The van der Waals surface area contributed by atoms with Gasteiger partial charge in [-0.3, -0.25) is 4.72 Å². The summed E-state index contributed by atoms with van der Waals surface area (Å²) in [4.78, 5) is -0.400. The quantitative estimate of drug-likeness (QED) is 0.779. The van der Waals surface area contributed by atoms with E-state index in [1.165, 1.54) is 12.1 Å². The highest BCUT2D eigenvalue weighted by atomic mass is 79.9. The number of sulfonamides is 1. The molecule has 0 unspecified atom stereocenters. The number of anilines is 1. The van der Waals surface area contributed by atoms with E-state index in [0.29, 0.717) is 16.6 Å². The van der Waals surface area contributed by atoms with Crippen molar-refractivity contribution in [1.82, 2.24) is 0 Å². The van der Waals surface area contributed by atoms with Crippen molar-refractivity contribution in [2.24, 2.45) is 0 Å². The Morgan fingerprint density at radius 1 is 1.00 bits per heavy atom.